The fourth-order valence-corrected chi connectivity index (χ4v) is 4.70. The van der Waals surface area contributed by atoms with Gasteiger partial charge < -0.3 is 9.47 Å². The minimum Gasteiger partial charge on any atom is -0.490 e. The Hall–Kier alpha value is -1.57. The second-order valence-corrected chi connectivity index (χ2v) is 8.32. The van der Waals surface area contributed by atoms with Crippen LogP contribution >= 0.6 is 15.9 Å². The lowest BCUT2D eigenvalue weighted by molar-refractivity contribution is 0.287. The van der Waals surface area contributed by atoms with E-state index in [4.69, 9.17) is 9.47 Å². The molecule has 0 bridgehead atoms. The predicted molar refractivity (Wildman–Crippen MR) is 107 cm³/mol. The fourth-order valence-electron chi connectivity index (χ4n) is 2.48. The van der Waals surface area contributed by atoms with Crippen molar-refractivity contribution in [2.75, 3.05) is 19.8 Å². The zero-order valence-electron chi connectivity index (χ0n) is 15.2. The molecular formula is C19H24BrNO4S. The van der Waals surface area contributed by atoms with Gasteiger partial charge in [-0.1, -0.05) is 12.1 Å². The molecule has 2 rings (SSSR count). The van der Waals surface area contributed by atoms with Crippen LogP contribution in [-0.2, 0) is 16.4 Å². The molecule has 142 valence electrons. The Kier molecular flexibility index (Phi) is 7.49. The Morgan fingerprint density at radius 3 is 2.35 bits per heavy atom. The molecule has 0 fully saturated rings. The average molecular weight is 442 g/mol. The largest absolute Gasteiger partial charge is 0.490 e. The van der Waals surface area contributed by atoms with Gasteiger partial charge in [0.1, 0.15) is 0 Å². The zero-order chi connectivity index (χ0) is 19.2. The van der Waals surface area contributed by atoms with Crippen LogP contribution in [0, 0.1) is 6.92 Å². The van der Waals surface area contributed by atoms with Crippen molar-refractivity contribution in [1.82, 2.24) is 4.72 Å². The van der Waals surface area contributed by atoms with Crippen molar-refractivity contribution in [3.05, 3.63) is 52.0 Å². The molecule has 0 spiro atoms. The van der Waals surface area contributed by atoms with Crippen LogP contribution in [0.3, 0.4) is 0 Å². The summed E-state index contributed by atoms with van der Waals surface area (Å²) < 4.78 is 39.3. The molecule has 7 heteroatoms. The molecule has 0 amide bonds. The van der Waals surface area contributed by atoms with E-state index < -0.39 is 10.0 Å². The Bertz CT molecular complexity index is 853. The molecule has 0 heterocycles. The van der Waals surface area contributed by atoms with Crippen LogP contribution in [0.5, 0.6) is 11.5 Å². The minimum atomic E-state index is -3.57. The highest BCUT2D eigenvalue weighted by Gasteiger charge is 2.17. The van der Waals surface area contributed by atoms with Crippen LogP contribution in [0.4, 0.5) is 0 Å². The Morgan fingerprint density at radius 1 is 1.00 bits per heavy atom. The molecule has 0 radical (unpaired) electrons. The van der Waals surface area contributed by atoms with E-state index >= 15 is 0 Å². The SMILES string of the molecule is CCOc1ccc(CCNS(=O)(=O)c2ccc(C)cc2Br)cc1OCC. The number of hydrogen-bond donors (Lipinski definition) is 1. The van der Waals surface area contributed by atoms with Crippen molar-refractivity contribution in [3.8, 4) is 11.5 Å². The number of sulfonamides is 1. The minimum absolute atomic E-state index is 0.241. The van der Waals surface area contributed by atoms with Gasteiger partial charge in [-0.2, -0.15) is 0 Å². The molecule has 1 N–H and O–H groups in total. The summed E-state index contributed by atoms with van der Waals surface area (Å²) in [7, 11) is -3.57. The molecule has 2 aromatic carbocycles. The lowest BCUT2D eigenvalue weighted by atomic mass is 10.1. The molecule has 0 aliphatic heterocycles. The second-order valence-electron chi connectivity index (χ2n) is 5.73. The fraction of sp³-hybridized carbons (Fsp3) is 0.368. The Balaban J connectivity index is 2.05. The van der Waals surface area contributed by atoms with Gasteiger partial charge in [0.2, 0.25) is 10.0 Å². The summed E-state index contributed by atoms with van der Waals surface area (Å²) in [5.74, 6) is 1.37. The number of rotatable bonds is 9. The maximum absolute atomic E-state index is 12.5. The van der Waals surface area contributed by atoms with E-state index in [0.717, 1.165) is 11.1 Å². The Morgan fingerprint density at radius 2 is 1.69 bits per heavy atom. The van der Waals surface area contributed by atoms with Crippen molar-refractivity contribution in [3.63, 3.8) is 0 Å². The maximum Gasteiger partial charge on any atom is 0.241 e. The van der Waals surface area contributed by atoms with E-state index in [1.165, 1.54) is 0 Å². The van der Waals surface area contributed by atoms with Gasteiger partial charge in [0.15, 0.2) is 11.5 Å². The third-order valence-electron chi connectivity index (χ3n) is 3.69. The third kappa shape index (κ3) is 5.46. The zero-order valence-corrected chi connectivity index (χ0v) is 17.6. The van der Waals surface area contributed by atoms with E-state index in [0.29, 0.717) is 42.2 Å². The van der Waals surface area contributed by atoms with E-state index in [1.54, 1.807) is 18.2 Å². The average Bonchev–Trinajstić information content (AvgIpc) is 2.57. The van der Waals surface area contributed by atoms with Gasteiger partial charge in [0.25, 0.3) is 0 Å². The summed E-state index contributed by atoms with van der Waals surface area (Å²) in [6.45, 7) is 7.14. The first kappa shape index (κ1) is 20.7. The molecule has 0 atom stereocenters. The number of aryl methyl sites for hydroxylation is 1. The first-order valence-corrected chi connectivity index (χ1v) is 10.8. The lowest BCUT2D eigenvalue weighted by Crippen LogP contribution is -2.26. The molecule has 0 unspecified atom stereocenters. The summed E-state index contributed by atoms with van der Waals surface area (Å²) in [6.07, 6.45) is 0.551. The van der Waals surface area contributed by atoms with Gasteiger partial charge in [-0.05, 0) is 78.5 Å². The highest BCUT2D eigenvalue weighted by Crippen LogP contribution is 2.29. The van der Waals surface area contributed by atoms with Gasteiger partial charge >= 0.3 is 0 Å². The first-order valence-electron chi connectivity index (χ1n) is 8.51. The summed E-state index contributed by atoms with van der Waals surface area (Å²) in [5, 5.41) is 0. The van der Waals surface area contributed by atoms with Gasteiger partial charge in [0.05, 0.1) is 18.1 Å². The maximum atomic E-state index is 12.5. The smallest absolute Gasteiger partial charge is 0.241 e. The molecule has 0 aliphatic carbocycles. The third-order valence-corrected chi connectivity index (χ3v) is 6.13. The van der Waals surface area contributed by atoms with E-state index in [1.807, 2.05) is 39.0 Å². The second kappa shape index (κ2) is 9.39. The summed E-state index contributed by atoms with van der Waals surface area (Å²) in [5.41, 5.74) is 1.97. The quantitative estimate of drug-likeness (QED) is 0.636. The topological polar surface area (TPSA) is 64.6 Å². The summed E-state index contributed by atoms with van der Waals surface area (Å²) in [4.78, 5) is 0.241. The normalized spacial score (nSPS) is 11.4. The Labute approximate surface area is 163 Å². The van der Waals surface area contributed by atoms with Crippen molar-refractivity contribution < 1.29 is 17.9 Å². The number of halogens is 1. The summed E-state index contributed by atoms with van der Waals surface area (Å²) in [6, 6.07) is 10.8. The standard InChI is InChI=1S/C19H24BrNO4S/c1-4-24-17-8-7-15(13-18(17)25-5-2)10-11-21-26(22,23)19-9-6-14(3)12-16(19)20/h6-9,12-13,21H,4-5,10-11H2,1-3H3. The monoisotopic (exact) mass is 441 g/mol. The van der Waals surface area contributed by atoms with E-state index in [9.17, 15) is 8.42 Å². The number of hydrogen-bond acceptors (Lipinski definition) is 4. The molecule has 26 heavy (non-hydrogen) atoms. The van der Waals surface area contributed by atoms with Crippen LogP contribution in [0.2, 0.25) is 0 Å². The van der Waals surface area contributed by atoms with Gasteiger partial charge in [-0.25, -0.2) is 13.1 Å². The van der Waals surface area contributed by atoms with Crippen LogP contribution < -0.4 is 14.2 Å². The highest BCUT2D eigenvalue weighted by molar-refractivity contribution is 9.10. The number of benzene rings is 2. The first-order chi connectivity index (χ1) is 12.4. The molecule has 5 nitrogen and oxygen atoms in total. The van der Waals surface area contributed by atoms with Crippen molar-refractivity contribution in [2.45, 2.75) is 32.1 Å². The molecule has 0 saturated heterocycles. The molecular weight excluding hydrogens is 418 g/mol. The van der Waals surface area contributed by atoms with E-state index in [2.05, 4.69) is 20.7 Å². The molecule has 0 saturated carbocycles. The molecule has 2 aromatic rings. The summed E-state index contributed by atoms with van der Waals surface area (Å²) >= 11 is 3.32. The highest BCUT2D eigenvalue weighted by atomic mass is 79.9. The van der Waals surface area contributed by atoms with Gasteiger partial charge in [-0.3, -0.25) is 0 Å². The van der Waals surface area contributed by atoms with Crippen molar-refractivity contribution in [1.29, 1.82) is 0 Å². The van der Waals surface area contributed by atoms with Gasteiger partial charge in [0, 0.05) is 11.0 Å². The van der Waals surface area contributed by atoms with Crippen molar-refractivity contribution in [2.24, 2.45) is 0 Å². The lowest BCUT2D eigenvalue weighted by Gasteiger charge is -2.13. The molecule has 0 aliphatic rings. The van der Waals surface area contributed by atoms with E-state index in [-0.39, 0.29) is 4.90 Å². The number of nitrogens with one attached hydrogen (secondary N) is 1. The van der Waals surface area contributed by atoms with Crippen molar-refractivity contribution >= 4 is 26.0 Å². The van der Waals surface area contributed by atoms with Crippen LogP contribution in [0.25, 0.3) is 0 Å². The number of ether oxygens (including phenoxy) is 2. The molecule has 0 aromatic heterocycles. The van der Waals surface area contributed by atoms with Crippen LogP contribution in [-0.4, -0.2) is 28.2 Å². The predicted octanol–water partition coefficient (Wildman–Crippen LogP) is 4.08. The van der Waals surface area contributed by atoms with Crippen LogP contribution in [0.1, 0.15) is 25.0 Å². The van der Waals surface area contributed by atoms with Crippen LogP contribution in [0.15, 0.2) is 45.8 Å². The van der Waals surface area contributed by atoms with Gasteiger partial charge in [-0.15, -0.1) is 0 Å².